The van der Waals surface area contributed by atoms with Crippen molar-refractivity contribution in [1.29, 1.82) is 0 Å². The summed E-state index contributed by atoms with van der Waals surface area (Å²) in [6, 6.07) is 5.89. The van der Waals surface area contributed by atoms with Crippen molar-refractivity contribution in [2.75, 3.05) is 18.2 Å². The number of nitrogens with one attached hydrogen (secondary N) is 1. The van der Waals surface area contributed by atoms with Crippen LogP contribution in [-0.4, -0.2) is 18.2 Å². The fourth-order valence-corrected chi connectivity index (χ4v) is 1.77. The average Bonchev–Trinajstić information content (AvgIpc) is 2.41. The molecule has 0 radical (unpaired) electrons. The Morgan fingerprint density at radius 3 is 2.52 bits per heavy atom. The lowest BCUT2D eigenvalue weighted by molar-refractivity contribution is 0.0698. The molecule has 0 aliphatic rings. The zero-order valence-corrected chi connectivity index (χ0v) is 11.0. The van der Waals surface area contributed by atoms with Crippen LogP contribution in [0.15, 0.2) is 30.3 Å². The second kappa shape index (κ2) is 5.66. The largest absolute Gasteiger partial charge is 0.494 e. The Labute approximate surface area is 119 Å². The molecule has 0 saturated carbocycles. The molecule has 0 unspecified atom stereocenters. The lowest BCUT2D eigenvalue weighted by Crippen LogP contribution is -2.05. The van der Waals surface area contributed by atoms with E-state index in [-0.39, 0.29) is 28.4 Å². The molecule has 2 aromatic carbocycles. The highest BCUT2D eigenvalue weighted by Gasteiger charge is 2.14. The standard InChI is InChI=1S/C14H12F2N2O3/c1-21-13-3-2-7(4-10(13)16)18-12-5-8(14(19)20)11(17)6-9(12)15/h2-6,18H,17H2,1H3,(H,19,20). The lowest BCUT2D eigenvalue weighted by atomic mass is 10.1. The molecule has 0 fully saturated rings. The van der Waals surface area contributed by atoms with E-state index in [1.54, 1.807) is 0 Å². The maximum Gasteiger partial charge on any atom is 0.337 e. The average molecular weight is 294 g/mol. The summed E-state index contributed by atoms with van der Waals surface area (Å²) in [5.41, 5.74) is 5.11. The molecule has 0 aliphatic carbocycles. The molecule has 7 heteroatoms. The maximum absolute atomic E-state index is 13.8. The molecule has 110 valence electrons. The normalized spacial score (nSPS) is 10.2. The van der Waals surface area contributed by atoms with E-state index in [4.69, 9.17) is 15.6 Å². The van der Waals surface area contributed by atoms with Gasteiger partial charge in [0.25, 0.3) is 0 Å². The summed E-state index contributed by atoms with van der Waals surface area (Å²) in [4.78, 5) is 11.0. The van der Waals surface area contributed by atoms with Gasteiger partial charge < -0.3 is 20.9 Å². The minimum Gasteiger partial charge on any atom is -0.494 e. The van der Waals surface area contributed by atoms with Crippen LogP contribution in [0.25, 0.3) is 0 Å². The molecule has 2 aromatic rings. The second-order valence-corrected chi connectivity index (χ2v) is 4.20. The molecule has 5 nitrogen and oxygen atoms in total. The Morgan fingerprint density at radius 1 is 1.24 bits per heavy atom. The van der Waals surface area contributed by atoms with Crippen LogP contribution < -0.4 is 15.8 Å². The molecule has 0 heterocycles. The van der Waals surface area contributed by atoms with Crippen molar-refractivity contribution < 1.29 is 23.4 Å². The Bertz CT molecular complexity index is 705. The van der Waals surface area contributed by atoms with Gasteiger partial charge in [0.1, 0.15) is 5.82 Å². The van der Waals surface area contributed by atoms with Crippen molar-refractivity contribution >= 4 is 23.0 Å². The van der Waals surface area contributed by atoms with E-state index in [0.717, 1.165) is 18.2 Å². The first kappa shape index (κ1) is 14.6. The number of rotatable bonds is 4. The molecule has 2 rings (SSSR count). The summed E-state index contributed by atoms with van der Waals surface area (Å²) < 4.78 is 32.1. The second-order valence-electron chi connectivity index (χ2n) is 4.20. The van der Waals surface area contributed by atoms with Gasteiger partial charge in [0.15, 0.2) is 11.6 Å². The van der Waals surface area contributed by atoms with Gasteiger partial charge in [-0.15, -0.1) is 0 Å². The summed E-state index contributed by atoms with van der Waals surface area (Å²) in [5.74, 6) is -2.61. The summed E-state index contributed by atoms with van der Waals surface area (Å²) >= 11 is 0. The van der Waals surface area contributed by atoms with Crippen molar-refractivity contribution in [3.05, 3.63) is 47.5 Å². The highest BCUT2D eigenvalue weighted by atomic mass is 19.1. The van der Waals surface area contributed by atoms with Crippen LogP contribution in [0.5, 0.6) is 5.75 Å². The SMILES string of the molecule is COc1ccc(Nc2cc(C(=O)O)c(N)cc2F)cc1F. The Kier molecular flexibility index (Phi) is 3.93. The summed E-state index contributed by atoms with van der Waals surface area (Å²) in [7, 11) is 1.32. The van der Waals surface area contributed by atoms with Crippen LogP contribution >= 0.6 is 0 Å². The zero-order chi connectivity index (χ0) is 15.6. The molecule has 0 saturated heterocycles. The Hall–Kier alpha value is -2.83. The van der Waals surface area contributed by atoms with Crippen LogP contribution in [0.3, 0.4) is 0 Å². The first-order valence-corrected chi connectivity index (χ1v) is 5.85. The number of aromatic carboxylic acids is 1. The number of hydrogen-bond acceptors (Lipinski definition) is 4. The van der Waals surface area contributed by atoms with E-state index in [0.29, 0.717) is 0 Å². The van der Waals surface area contributed by atoms with Gasteiger partial charge in [0, 0.05) is 17.4 Å². The third kappa shape index (κ3) is 3.02. The van der Waals surface area contributed by atoms with Crippen LogP contribution in [-0.2, 0) is 0 Å². The van der Waals surface area contributed by atoms with Gasteiger partial charge in [0.05, 0.1) is 18.4 Å². The van der Waals surface area contributed by atoms with Gasteiger partial charge in [0.2, 0.25) is 0 Å². The fraction of sp³-hybridized carbons (Fsp3) is 0.0714. The van der Waals surface area contributed by atoms with E-state index >= 15 is 0 Å². The zero-order valence-electron chi connectivity index (χ0n) is 11.0. The maximum atomic E-state index is 13.8. The number of halogens is 2. The quantitative estimate of drug-likeness (QED) is 0.755. The van der Waals surface area contributed by atoms with E-state index < -0.39 is 17.6 Å². The molecule has 0 aromatic heterocycles. The topological polar surface area (TPSA) is 84.6 Å². The Morgan fingerprint density at radius 2 is 1.95 bits per heavy atom. The number of benzene rings is 2. The third-order valence-electron chi connectivity index (χ3n) is 2.80. The van der Waals surface area contributed by atoms with Crippen LogP contribution in [0, 0.1) is 11.6 Å². The molecule has 0 aliphatic heterocycles. The van der Waals surface area contributed by atoms with E-state index in [9.17, 15) is 13.6 Å². The predicted octanol–water partition coefficient (Wildman–Crippen LogP) is 3.00. The predicted molar refractivity (Wildman–Crippen MR) is 74.0 cm³/mol. The van der Waals surface area contributed by atoms with E-state index in [2.05, 4.69) is 5.32 Å². The molecule has 0 spiro atoms. The number of anilines is 3. The molecule has 0 atom stereocenters. The summed E-state index contributed by atoms with van der Waals surface area (Å²) in [5, 5.41) is 11.6. The minimum atomic E-state index is -1.28. The number of methoxy groups -OCH3 is 1. The molecule has 0 bridgehead atoms. The Balaban J connectivity index is 2.37. The number of hydrogen-bond donors (Lipinski definition) is 3. The minimum absolute atomic E-state index is 0.0459. The number of nitrogen functional groups attached to an aromatic ring is 1. The van der Waals surface area contributed by atoms with Gasteiger partial charge in [-0.25, -0.2) is 13.6 Å². The van der Waals surface area contributed by atoms with Gasteiger partial charge in [-0.05, 0) is 24.3 Å². The number of carboxylic acid groups (broad SMARTS) is 1. The van der Waals surface area contributed by atoms with E-state index in [1.807, 2.05) is 0 Å². The first-order chi connectivity index (χ1) is 9.92. The van der Waals surface area contributed by atoms with Crippen molar-refractivity contribution in [1.82, 2.24) is 0 Å². The monoisotopic (exact) mass is 294 g/mol. The third-order valence-corrected chi connectivity index (χ3v) is 2.80. The van der Waals surface area contributed by atoms with Gasteiger partial charge >= 0.3 is 5.97 Å². The fourth-order valence-electron chi connectivity index (χ4n) is 1.77. The lowest BCUT2D eigenvalue weighted by Gasteiger charge is -2.11. The van der Waals surface area contributed by atoms with Crippen molar-refractivity contribution in [2.24, 2.45) is 0 Å². The van der Waals surface area contributed by atoms with Gasteiger partial charge in [-0.2, -0.15) is 0 Å². The van der Waals surface area contributed by atoms with Crippen molar-refractivity contribution in [3.63, 3.8) is 0 Å². The van der Waals surface area contributed by atoms with Gasteiger partial charge in [-0.1, -0.05) is 0 Å². The summed E-state index contributed by atoms with van der Waals surface area (Å²) in [6.07, 6.45) is 0. The van der Waals surface area contributed by atoms with Crippen LogP contribution in [0.2, 0.25) is 0 Å². The molecular formula is C14H12F2N2O3. The smallest absolute Gasteiger partial charge is 0.337 e. The van der Waals surface area contributed by atoms with Gasteiger partial charge in [-0.3, -0.25) is 0 Å². The highest BCUT2D eigenvalue weighted by molar-refractivity contribution is 5.95. The van der Waals surface area contributed by atoms with E-state index in [1.165, 1.54) is 19.2 Å². The highest BCUT2D eigenvalue weighted by Crippen LogP contribution is 2.27. The number of ether oxygens (including phenoxy) is 1. The van der Waals surface area contributed by atoms with Crippen LogP contribution in [0.1, 0.15) is 10.4 Å². The first-order valence-electron chi connectivity index (χ1n) is 5.85. The molecule has 21 heavy (non-hydrogen) atoms. The number of nitrogens with two attached hydrogens (primary N) is 1. The molecule has 0 amide bonds. The van der Waals surface area contributed by atoms with Crippen LogP contribution in [0.4, 0.5) is 25.8 Å². The van der Waals surface area contributed by atoms with Crippen molar-refractivity contribution in [2.45, 2.75) is 0 Å². The van der Waals surface area contributed by atoms with Crippen molar-refractivity contribution in [3.8, 4) is 5.75 Å². The number of carboxylic acids is 1. The number of carbonyl (C=O) groups is 1. The molecule has 4 N–H and O–H groups in total. The summed E-state index contributed by atoms with van der Waals surface area (Å²) in [6.45, 7) is 0. The molecular weight excluding hydrogens is 282 g/mol.